The zero-order valence-corrected chi connectivity index (χ0v) is 18.0. The van der Waals surface area contributed by atoms with E-state index in [0.717, 1.165) is 49.0 Å². The number of rotatable bonds is 4. The van der Waals surface area contributed by atoms with Gasteiger partial charge >= 0.3 is 0 Å². The van der Waals surface area contributed by atoms with Crippen molar-refractivity contribution in [3.63, 3.8) is 0 Å². The molecule has 0 saturated carbocycles. The van der Waals surface area contributed by atoms with Crippen LogP contribution in [0.5, 0.6) is 0 Å². The van der Waals surface area contributed by atoms with Gasteiger partial charge in [-0.25, -0.2) is 14.6 Å². The molecule has 10 heteroatoms. The first kappa shape index (κ1) is 19.9. The van der Waals surface area contributed by atoms with Crippen LogP contribution < -0.4 is 10.6 Å². The third-order valence-corrected chi connectivity index (χ3v) is 6.24. The summed E-state index contributed by atoms with van der Waals surface area (Å²) in [6.45, 7) is 3.62. The third-order valence-electron chi connectivity index (χ3n) is 6.24. The van der Waals surface area contributed by atoms with Crippen molar-refractivity contribution < 1.29 is 14.3 Å². The Kier molecular flexibility index (Phi) is 4.79. The first-order valence-corrected chi connectivity index (χ1v) is 11.1. The maximum atomic E-state index is 12.9. The predicted molar refractivity (Wildman–Crippen MR) is 121 cm³/mol. The zero-order chi connectivity index (χ0) is 22.4. The molecule has 2 aliphatic rings. The largest absolute Gasteiger partial charge is 0.381 e. The molecule has 1 atom stereocenters. The topological polar surface area (TPSA) is 116 Å². The first-order chi connectivity index (χ1) is 16.2. The third kappa shape index (κ3) is 3.62. The molecule has 0 aliphatic carbocycles. The van der Waals surface area contributed by atoms with Crippen molar-refractivity contribution in [2.24, 2.45) is 5.92 Å². The molecule has 6 rings (SSSR count). The van der Waals surface area contributed by atoms with Crippen molar-refractivity contribution in [3.8, 4) is 0 Å². The van der Waals surface area contributed by atoms with Crippen molar-refractivity contribution in [1.29, 1.82) is 0 Å². The van der Waals surface area contributed by atoms with Crippen molar-refractivity contribution >= 4 is 39.6 Å². The van der Waals surface area contributed by atoms with E-state index in [9.17, 15) is 9.59 Å². The van der Waals surface area contributed by atoms with E-state index in [1.54, 1.807) is 18.5 Å². The SMILES string of the molecule is O=C(Nc1cnc2c(cnn2CC2CCOC2)c1)c1ccc2cc3n(c2n1)CCCNC3=O. The molecule has 1 unspecified atom stereocenters. The van der Waals surface area contributed by atoms with Gasteiger partial charge in [0.1, 0.15) is 17.0 Å². The maximum Gasteiger partial charge on any atom is 0.274 e. The van der Waals surface area contributed by atoms with Crippen LogP contribution in [0.3, 0.4) is 0 Å². The Morgan fingerprint density at radius 1 is 1.21 bits per heavy atom. The van der Waals surface area contributed by atoms with Gasteiger partial charge in [-0.05, 0) is 37.1 Å². The number of carbonyl (C=O) groups excluding carboxylic acids is 2. The van der Waals surface area contributed by atoms with E-state index in [1.165, 1.54) is 0 Å². The quantitative estimate of drug-likeness (QED) is 0.498. The number of carbonyl (C=O) groups is 2. The number of nitrogens with zero attached hydrogens (tertiary/aromatic N) is 5. The van der Waals surface area contributed by atoms with Crippen LogP contribution in [0.2, 0.25) is 0 Å². The molecule has 4 aromatic rings. The number of aromatic nitrogens is 5. The van der Waals surface area contributed by atoms with E-state index in [0.29, 0.717) is 36.0 Å². The van der Waals surface area contributed by atoms with Gasteiger partial charge in [0.15, 0.2) is 5.65 Å². The molecule has 2 N–H and O–H groups in total. The van der Waals surface area contributed by atoms with E-state index in [4.69, 9.17) is 4.74 Å². The number of hydrogen-bond acceptors (Lipinski definition) is 6. The normalized spacial score (nSPS) is 18.3. The fourth-order valence-corrected chi connectivity index (χ4v) is 4.54. The molecule has 1 saturated heterocycles. The van der Waals surface area contributed by atoms with Crippen LogP contribution in [0, 0.1) is 5.92 Å². The lowest BCUT2D eigenvalue weighted by atomic mass is 10.1. The average molecular weight is 445 g/mol. The van der Waals surface area contributed by atoms with E-state index >= 15 is 0 Å². The van der Waals surface area contributed by atoms with Crippen LogP contribution >= 0.6 is 0 Å². The highest BCUT2D eigenvalue weighted by Crippen LogP contribution is 2.23. The van der Waals surface area contributed by atoms with E-state index in [1.807, 2.05) is 27.4 Å². The highest BCUT2D eigenvalue weighted by atomic mass is 16.5. The van der Waals surface area contributed by atoms with Crippen LogP contribution in [-0.4, -0.2) is 55.9 Å². The molecule has 0 spiro atoms. The summed E-state index contributed by atoms with van der Waals surface area (Å²) >= 11 is 0. The standard InChI is InChI=1S/C23H23N7O3/c31-22(18-3-2-15-9-19-23(32)24-5-1-6-29(19)21(15)28-18)27-17-8-16-10-26-30(20(16)25-11-17)12-14-4-7-33-13-14/h2-3,8-11,14H,1,4-7,12-13H2,(H,24,32)(H,27,31). The number of amides is 2. The van der Waals surface area contributed by atoms with Gasteiger partial charge in [0.05, 0.1) is 24.7 Å². The number of aryl methyl sites for hydroxylation is 1. The van der Waals surface area contributed by atoms with E-state index in [2.05, 4.69) is 25.7 Å². The Hall–Kier alpha value is -3.79. The molecule has 0 bridgehead atoms. The summed E-state index contributed by atoms with van der Waals surface area (Å²) in [6.07, 6.45) is 5.24. The van der Waals surface area contributed by atoms with Gasteiger partial charge in [-0.15, -0.1) is 0 Å². The lowest BCUT2D eigenvalue weighted by Crippen LogP contribution is -2.22. The smallest absolute Gasteiger partial charge is 0.274 e. The fourth-order valence-electron chi connectivity index (χ4n) is 4.54. The second-order valence-corrected chi connectivity index (χ2v) is 8.55. The molecular formula is C23H23N7O3. The second-order valence-electron chi connectivity index (χ2n) is 8.55. The molecule has 0 radical (unpaired) electrons. The van der Waals surface area contributed by atoms with Crippen molar-refractivity contribution in [1.82, 2.24) is 29.6 Å². The number of anilines is 1. The highest BCUT2D eigenvalue weighted by molar-refractivity contribution is 6.05. The molecule has 2 amide bonds. The van der Waals surface area contributed by atoms with Gasteiger partial charge in [0.2, 0.25) is 0 Å². The Labute approximate surface area is 188 Å². The Morgan fingerprint density at radius 3 is 3.03 bits per heavy atom. The summed E-state index contributed by atoms with van der Waals surface area (Å²) in [5.74, 6) is 0.00416. The summed E-state index contributed by atoms with van der Waals surface area (Å²) in [6, 6.07) is 7.17. The van der Waals surface area contributed by atoms with Crippen LogP contribution in [0.25, 0.3) is 22.1 Å². The first-order valence-electron chi connectivity index (χ1n) is 11.1. The molecule has 4 aromatic heterocycles. The number of fused-ring (bicyclic) bond motifs is 4. The second kappa shape index (κ2) is 7.96. The summed E-state index contributed by atoms with van der Waals surface area (Å²) < 4.78 is 9.22. The molecule has 6 heterocycles. The number of pyridine rings is 2. The summed E-state index contributed by atoms with van der Waals surface area (Å²) in [4.78, 5) is 34.3. The van der Waals surface area contributed by atoms with Gasteiger partial charge in [-0.1, -0.05) is 0 Å². The number of hydrogen-bond donors (Lipinski definition) is 2. The summed E-state index contributed by atoms with van der Waals surface area (Å²) in [5.41, 5.74) is 2.86. The van der Waals surface area contributed by atoms with Crippen LogP contribution in [0.15, 0.2) is 36.7 Å². The Bertz CT molecular complexity index is 1380. The van der Waals surface area contributed by atoms with Gasteiger partial charge < -0.3 is 19.9 Å². The summed E-state index contributed by atoms with van der Waals surface area (Å²) in [5, 5.41) is 11.9. The van der Waals surface area contributed by atoms with Crippen LogP contribution in [-0.2, 0) is 17.8 Å². The minimum atomic E-state index is -0.331. The van der Waals surface area contributed by atoms with Gasteiger partial charge in [-0.2, -0.15) is 5.10 Å². The summed E-state index contributed by atoms with van der Waals surface area (Å²) in [7, 11) is 0. The maximum absolute atomic E-state index is 12.9. The van der Waals surface area contributed by atoms with E-state index < -0.39 is 0 Å². The van der Waals surface area contributed by atoms with Gasteiger partial charge in [0.25, 0.3) is 11.8 Å². The lowest BCUT2D eigenvalue weighted by Gasteiger charge is -2.09. The minimum Gasteiger partial charge on any atom is -0.381 e. The minimum absolute atomic E-state index is 0.114. The van der Waals surface area contributed by atoms with Crippen LogP contribution in [0.4, 0.5) is 5.69 Å². The molecule has 0 aromatic carbocycles. The number of nitrogens with one attached hydrogen (secondary N) is 2. The molecule has 33 heavy (non-hydrogen) atoms. The molecular weight excluding hydrogens is 422 g/mol. The van der Waals surface area contributed by atoms with Crippen molar-refractivity contribution in [2.45, 2.75) is 25.9 Å². The number of ether oxygens (including phenoxy) is 1. The van der Waals surface area contributed by atoms with Crippen molar-refractivity contribution in [2.75, 3.05) is 25.1 Å². The predicted octanol–water partition coefficient (Wildman–Crippen LogP) is 2.20. The molecule has 168 valence electrons. The molecule has 2 aliphatic heterocycles. The van der Waals surface area contributed by atoms with Gasteiger partial charge in [0, 0.05) is 42.9 Å². The lowest BCUT2D eigenvalue weighted by molar-refractivity contribution is 0.0950. The highest BCUT2D eigenvalue weighted by Gasteiger charge is 2.21. The van der Waals surface area contributed by atoms with E-state index in [-0.39, 0.29) is 17.5 Å². The average Bonchev–Trinajstić information content (AvgIpc) is 3.53. The fraction of sp³-hybridized carbons (Fsp3) is 0.348. The Balaban J connectivity index is 1.24. The zero-order valence-electron chi connectivity index (χ0n) is 18.0. The molecule has 1 fully saturated rings. The monoisotopic (exact) mass is 445 g/mol. The van der Waals surface area contributed by atoms with Crippen molar-refractivity contribution in [3.05, 3.63) is 48.0 Å². The van der Waals surface area contributed by atoms with Crippen LogP contribution in [0.1, 0.15) is 33.8 Å². The molecule has 10 nitrogen and oxygen atoms in total. The van der Waals surface area contributed by atoms with Gasteiger partial charge in [-0.3, -0.25) is 9.59 Å². The Morgan fingerprint density at radius 2 is 2.15 bits per heavy atom.